The van der Waals surface area contributed by atoms with E-state index >= 15 is 0 Å². The lowest BCUT2D eigenvalue weighted by atomic mass is 10.1. The maximum absolute atomic E-state index is 13.0. The molecular formula is C16H19ClF3N3O2. The lowest BCUT2D eigenvalue weighted by Gasteiger charge is -2.16. The number of hydrogen-bond donors (Lipinski definition) is 3. The average Bonchev–Trinajstić information content (AvgIpc) is 2.52. The van der Waals surface area contributed by atoms with Gasteiger partial charge in [0, 0.05) is 31.3 Å². The zero-order valence-corrected chi connectivity index (χ0v) is 14.3. The van der Waals surface area contributed by atoms with Crippen molar-refractivity contribution in [2.75, 3.05) is 25.0 Å². The fourth-order valence-electron chi connectivity index (χ4n) is 2.32. The summed E-state index contributed by atoms with van der Waals surface area (Å²) in [6.45, 7) is 2.98. The number of alkyl halides is 3. The van der Waals surface area contributed by atoms with E-state index in [0.717, 1.165) is 30.7 Å². The maximum Gasteiger partial charge on any atom is 0.416 e. The van der Waals surface area contributed by atoms with E-state index < -0.39 is 23.6 Å². The average molecular weight is 378 g/mol. The van der Waals surface area contributed by atoms with Crippen LogP contribution in [0.1, 0.15) is 29.3 Å². The second kappa shape index (κ2) is 8.87. The molecule has 0 saturated heterocycles. The smallest absolute Gasteiger partial charge is 0.348 e. The highest BCUT2D eigenvalue weighted by Gasteiger charge is 2.32. The molecule has 1 aromatic rings. The number of rotatable bonds is 4. The first kappa shape index (κ1) is 21.0. The standard InChI is InChI=1S/C16H18F3N3O2.ClH/c1-10(23)22-14-7-12(6-13(8-14)16(17,18)19)15(24)21-9-11-2-4-20-5-3-11;/h2,6-8,20H,3-5,9H2,1H3,(H,21,24)(H,22,23);1H. The van der Waals surface area contributed by atoms with E-state index in [1.54, 1.807) is 0 Å². The Morgan fingerprint density at radius 1 is 1.24 bits per heavy atom. The summed E-state index contributed by atoms with van der Waals surface area (Å²) in [6, 6.07) is 2.80. The molecule has 1 aliphatic rings. The van der Waals surface area contributed by atoms with Crippen LogP contribution >= 0.6 is 12.4 Å². The molecule has 0 radical (unpaired) electrons. The number of benzene rings is 1. The Morgan fingerprint density at radius 2 is 1.96 bits per heavy atom. The van der Waals surface area contributed by atoms with Crippen molar-refractivity contribution in [2.24, 2.45) is 0 Å². The van der Waals surface area contributed by atoms with Crippen molar-refractivity contribution in [3.05, 3.63) is 41.0 Å². The molecule has 9 heteroatoms. The van der Waals surface area contributed by atoms with Gasteiger partial charge in [-0.15, -0.1) is 12.4 Å². The first-order valence-electron chi connectivity index (χ1n) is 7.42. The van der Waals surface area contributed by atoms with Crippen LogP contribution in [0.2, 0.25) is 0 Å². The van der Waals surface area contributed by atoms with Crippen LogP contribution in [-0.2, 0) is 11.0 Å². The Labute approximate surface area is 149 Å². The Kier molecular flexibility index (Phi) is 7.44. The molecule has 0 saturated carbocycles. The fourth-order valence-corrected chi connectivity index (χ4v) is 2.32. The molecule has 138 valence electrons. The van der Waals surface area contributed by atoms with Crippen LogP contribution in [0.25, 0.3) is 0 Å². The van der Waals surface area contributed by atoms with Gasteiger partial charge in [0.05, 0.1) is 5.56 Å². The third-order valence-corrected chi connectivity index (χ3v) is 3.48. The summed E-state index contributed by atoms with van der Waals surface area (Å²) < 4.78 is 38.9. The molecule has 0 unspecified atom stereocenters. The van der Waals surface area contributed by atoms with E-state index in [1.807, 2.05) is 6.08 Å². The summed E-state index contributed by atoms with van der Waals surface area (Å²) in [4.78, 5) is 23.3. The number of carbonyl (C=O) groups excluding carboxylic acids is 2. The first-order valence-corrected chi connectivity index (χ1v) is 7.42. The summed E-state index contributed by atoms with van der Waals surface area (Å²) in [5, 5.41) is 8.02. The third kappa shape index (κ3) is 6.39. The van der Waals surface area contributed by atoms with Crippen LogP contribution in [0.4, 0.5) is 18.9 Å². The van der Waals surface area contributed by atoms with Gasteiger partial charge in [0.15, 0.2) is 0 Å². The second-order valence-corrected chi connectivity index (χ2v) is 5.48. The fraction of sp³-hybridized carbons (Fsp3) is 0.375. The van der Waals surface area contributed by atoms with Gasteiger partial charge >= 0.3 is 6.18 Å². The lowest BCUT2D eigenvalue weighted by molar-refractivity contribution is -0.137. The molecule has 0 aromatic heterocycles. The predicted molar refractivity (Wildman–Crippen MR) is 90.9 cm³/mol. The molecule has 0 atom stereocenters. The third-order valence-electron chi connectivity index (χ3n) is 3.48. The highest BCUT2D eigenvalue weighted by atomic mass is 35.5. The summed E-state index contributed by atoms with van der Waals surface area (Å²) in [6.07, 6.45) is -1.89. The SMILES string of the molecule is CC(=O)Nc1cc(C(=O)NCC2=CCNCC2)cc(C(F)(F)F)c1.Cl. The molecule has 1 heterocycles. The number of amides is 2. The summed E-state index contributed by atoms with van der Waals surface area (Å²) in [5.74, 6) is -1.13. The lowest BCUT2D eigenvalue weighted by Crippen LogP contribution is -2.30. The number of carbonyl (C=O) groups is 2. The zero-order chi connectivity index (χ0) is 17.7. The molecule has 2 rings (SSSR count). The van der Waals surface area contributed by atoms with Crippen molar-refractivity contribution in [3.8, 4) is 0 Å². The molecule has 0 aliphatic carbocycles. The van der Waals surface area contributed by atoms with Crippen LogP contribution in [0, 0.1) is 0 Å². The summed E-state index contributed by atoms with van der Waals surface area (Å²) >= 11 is 0. The van der Waals surface area contributed by atoms with Gasteiger partial charge in [0.1, 0.15) is 0 Å². The van der Waals surface area contributed by atoms with E-state index in [-0.39, 0.29) is 30.2 Å². The van der Waals surface area contributed by atoms with Gasteiger partial charge in [-0.25, -0.2) is 0 Å². The molecule has 3 N–H and O–H groups in total. The van der Waals surface area contributed by atoms with Crippen LogP contribution in [0.3, 0.4) is 0 Å². The molecule has 1 aliphatic heterocycles. The van der Waals surface area contributed by atoms with Crippen LogP contribution in [0.15, 0.2) is 29.8 Å². The quantitative estimate of drug-likeness (QED) is 0.707. The minimum Gasteiger partial charge on any atom is -0.348 e. The number of halogens is 4. The van der Waals surface area contributed by atoms with Crippen molar-refractivity contribution in [2.45, 2.75) is 19.5 Å². The minimum absolute atomic E-state index is 0. The van der Waals surface area contributed by atoms with E-state index in [4.69, 9.17) is 0 Å². The molecular weight excluding hydrogens is 359 g/mol. The van der Waals surface area contributed by atoms with E-state index in [2.05, 4.69) is 16.0 Å². The van der Waals surface area contributed by atoms with Crippen molar-refractivity contribution in [1.82, 2.24) is 10.6 Å². The predicted octanol–water partition coefficient (Wildman–Crippen LogP) is 2.74. The van der Waals surface area contributed by atoms with Crippen molar-refractivity contribution >= 4 is 29.9 Å². The molecule has 1 aromatic carbocycles. The monoisotopic (exact) mass is 377 g/mol. The van der Waals surface area contributed by atoms with E-state index in [9.17, 15) is 22.8 Å². The summed E-state index contributed by atoms with van der Waals surface area (Å²) in [7, 11) is 0. The highest BCUT2D eigenvalue weighted by Crippen LogP contribution is 2.32. The van der Waals surface area contributed by atoms with E-state index in [0.29, 0.717) is 6.54 Å². The van der Waals surface area contributed by atoms with Crippen molar-refractivity contribution in [3.63, 3.8) is 0 Å². The molecule has 5 nitrogen and oxygen atoms in total. The molecule has 0 spiro atoms. The number of anilines is 1. The zero-order valence-electron chi connectivity index (χ0n) is 13.5. The maximum atomic E-state index is 13.0. The molecule has 0 fully saturated rings. The van der Waals surface area contributed by atoms with Crippen molar-refractivity contribution in [1.29, 1.82) is 0 Å². The highest BCUT2D eigenvalue weighted by molar-refractivity contribution is 5.97. The van der Waals surface area contributed by atoms with Gasteiger partial charge in [-0.05, 0) is 31.2 Å². The topological polar surface area (TPSA) is 70.2 Å². The molecule has 25 heavy (non-hydrogen) atoms. The van der Waals surface area contributed by atoms with Crippen molar-refractivity contribution < 1.29 is 22.8 Å². The molecule has 2 amide bonds. The Balaban J connectivity index is 0.00000312. The van der Waals surface area contributed by atoms with Gasteiger partial charge in [-0.3, -0.25) is 9.59 Å². The molecule has 0 bridgehead atoms. The minimum atomic E-state index is -4.61. The largest absolute Gasteiger partial charge is 0.416 e. The summed E-state index contributed by atoms with van der Waals surface area (Å²) in [5.41, 5.74) is -0.178. The van der Waals surface area contributed by atoms with Crippen LogP contribution < -0.4 is 16.0 Å². The Morgan fingerprint density at radius 3 is 2.52 bits per heavy atom. The van der Waals surface area contributed by atoms with E-state index in [1.165, 1.54) is 13.0 Å². The normalized spacial score (nSPS) is 14.2. The number of hydrogen-bond acceptors (Lipinski definition) is 3. The van der Waals surface area contributed by atoms with Gasteiger partial charge in [0.25, 0.3) is 5.91 Å². The van der Waals surface area contributed by atoms with Gasteiger partial charge < -0.3 is 16.0 Å². The van der Waals surface area contributed by atoms with Crippen LogP contribution in [0.5, 0.6) is 0 Å². The van der Waals surface area contributed by atoms with Gasteiger partial charge in [-0.1, -0.05) is 11.6 Å². The number of nitrogens with one attached hydrogen (secondary N) is 3. The van der Waals surface area contributed by atoms with Gasteiger partial charge in [0.2, 0.25) is 5.91 Å². The first-order chi connectivity index (χ1) is 11.3. The second-order valence-electron chi connectivity index (χ2n) is 5.48. The Bertz CT molecular complexity index is 675. The van der Waals surface area contributed by atoms with Gasteiger partial charge in [-0.2, -0.15) is 13.2 Å². The Hall–Kier alpha value is -2.06. The van der Waals surface area contributed by atoms with Crippen LogP contribution in [-0.4, -0.2) is 31.4 Å².